The molecule has 0 aromatic carbocycles. The lowest BCUT2D eigenvalue weighted by molar-refractivity contribution is -0.00613. The number of hydrogen-bond donors (Lipinski definition) is 1. The van der Waals surface area contributed by atoms with Crippen LogP contribution in [0.25, 0.3) is 0 Å². The minimum Gasteiger partial charge on any atom is -0.298 e. The molecule has 0 radical (unpaired) electrons. The summed E-state index contributed by atoms with van der Waals surface area (Å²) in [5.74, 6) is 1.09. The second kappa shape index (κ2) is 7.23. The maximum Gasteiger partial charge on any atom is 0.0223 e. The van der Waals surface area contributed by atoms with Crippen molar-refractivity contribution >= 4 is 12.6 Å². The molecule has 1 aliphatic carbocycles. The summed E-state index contributed by atoms with van der Waals surface area (Å²) >= 11 is 4.78. The van der Waals surface area contributed by atoms with Crippen LogP contribution in [0.1, 0.15) is 64.7 Å². The Bertz CT molecular complexity index is 325. The Labute approximate surface area is 137 Å². The Morgan fingerprint density at radius 3 is 2.48 bits per heavy atom. The first-order valence-corrected chi connectivity index (χ1v) is 9.95. The molecular formula is C18H34N2S. The lowest BCUT2D eigenvalue weighted by Crippen LogP contribution is -2.60. The third-order valence-corrected chi connectivity index (χ3v) is 7.03. The standard InChI is InChI=1S/C18H34N2S/c1-16-12-19-11-7-4-8-17(19)13-20(16)14-18(15-21)9-5-2-3-6-10-18/h16-17,21H,2-15H2,1H3. The highest BCUT2D eigenvalue weighted by atomic mass is 32.1. The SMILES string of the molecule is CC1CN2CCCCC2CN1CC1(CS)CCCCCC1. The molecule has 0 aromatic rings. The summed E-state index contributed by atoms with van der Waals surface area (Å²) in [6.45, 7) is 7.72. The van der Waals surface area contributed by atoms with Gasteiger partial charge in [0, 0.05) is 31.7 Å². The van der Waals surface area contributed by atoms with Crippen LogP contribution in [0.2, 0.25) is 0 Å². The molecule has 2 atom stereocenters. The molecule has 2 saturated heterocycles. The van der Waals surface area contributed by atoms with E-state index in [0.717, 1.165) is 17.8 Å². The molecule has 0 aromatic heterocycles. The Morgan fingerprint density at radius 1 is 1.00 bits per heavy atom. The molecule has 3 heteroatoms. The normalized spacial score (nSPS) is 35.1. The van der Waals surface area contributed by atoms with E-state index in [1.54, 1.807) is 0 Å². The van der Waals surface area contributed by atoms with E-state index in [1.807, 2.05) is 0 Å². The Hall–Kier alpha value is 0.270. The molecular weight excluding hydrogens is 276 g/mol. The van der Waals surface area contributed by atoms with Crippen LogP contribution in [0.3, 0.4) is 0 Å². The first kappa shape index (κ1) is 16.1. The summed E-state index contributed by atoms with van der Waals surface area (Å²) in [4.78, 5) is 5.60. The van der Waals surface area contributed by atoms with Crippen molar-refractivity contribution in [1.29, 1.82) is 0 Å². The van der Waals surface area contributed by atoms with Gasteiger partial charge in [-0.15, -0.1) is 0 Å². The van der Waals surface area contributed by atoms with E-state index in [9.17, 15) is 0 Å². The van der Waals surface area contributed by atoms with Gasteiger partial charge in [0.05, 0.1) is 0 Å². The Morgan fingerprint density at radius 2 is 1.76 bits per heavy atom. The van der Waals surface area contributed by atoms with E-state index in [1.165, 1.54) is 84.0 Å². The first-order valence-electron chi connectivity index (χ1n) is 9.31. The summed E-state index contributed by atoms with van der Waals surface area (Å²) in [5, 5.41) is 0. The molecule has 1 saturated carbocycles. The zero-order valence-corrected chi connectivity index (χ0v) is 14.8. The van der Waals surface area contributed by atoms with E-state index in [2.05, 4.69) is 16.7 Å². The van der Waals surface area contributed by atoms with Gasteiger partial charge in [-0.05, 0) is 50.3 Å². The third kappa shape index (κ3) is 3.79. The maximum atomic E-state index is 4.78. The molecule has 21 heavy (non-hydrogen) atoms. The second-order valence-corrected chi connectivity index (χ2v) is 8.31. The van der Waals surface area contributed by atoms with Gasteiger partial charge in [-0.2, -0.15) is 12.6 Å². The van der Waals surface area contributed by atoms with Gasteiger partial charge in [-0.1, -0.05) is 32.1 Å². The zero-order valence-electron chi connectivity index (χ0n) is 13.9. The Kier molecular flexibility index (Phi) is 5.55. The molecule has 0 spiro atoms. The van der Waals surface area contributed by atoms with E-state index in [4.69, 9.17) is 12.6 Å². The van der Waals surface area contributed by atoms with Crippen LogP contribution >= 0.6 is 12.6 Å². The van der Waals surface area contributed by atoms with Gasteiger partial charge in [0.15, 0.2) is 0 Å². The quantitative estimate of drug-likeness (QED) is 0.625. The predicted octanol–water partition coefficient (Wildman–Crippen LogP) is 3.82. The predicted molar refractivity (Wildman–Crippen MR) is 94.2 cm³/mol. The fourth-order valence-electron chi connectivity index (χ4n) is 4.91. The summed E-state index contributed by atoms with van der Waals surface area (Å²) in [5.41, 5.74) is 0.505. The van der Waals surface area contributed by atoms with Gasteiger partial charge in [-0.3, -0.25) is 9.80 Å². The van der Waals surface area contributed by atoms with Crippen molar-refractivity contribution in [1.82, 2.24) is 9.80 Å². The van der Waals surface area contributed by atoms with Crippen molar-refractivity contribution in [2.45, 2.75) is 76.8 Å². The van der Waals surface area contributed by atoms with Gasteiger partial charge >= 0.3 is 0 Å². The lowest BCUT2D eigenvalue weighted by Gasteiger charge is -2.50. The van der Waals surface area contributed by atoms with Crippen LogP contribution in [0, 0.1) is 5.41 Å². The number of rotatable bonds is 3. The summed E-state index contributed by atoms with van der Waals surface area (Å²) < 4.78 is 0. The number of piperazine rings is 1. The highest BCUT2D eigenvalue weighted by Crippen LogP contribution is 2.38. The summed E-state index contributed by atoms with van der Waals surface area (Å²) in [6, 6.07) is 1.58. The smallest absolute Gasteiger partial charge is 0.0223 e. The molecule has 0 bridgehead atoms. The molecule has 0 N–H and O–H groups in total. The molecule has 2 nitrogen and oxygen atoms in total. The van der Waals surface area contributed by atoms with Crippen LogP contribution in [0.5, 0.6) is 0 Å². The largest absolute Gasteiger partial charge is 0.298 e. The average Bonchev–Trinajstić information content (AvgIpc) is 2.74. The van der Waals surface area contributed by atoms with Crippen LogP contribution < -0.4 is 0 Å². The number of fused-ring (bicyclic) bond motifs is 1. The van der Waals surface area contributed by atoms with Crippen molar-refractivity contribution in [3.63, 3.8) is 0 Å². The number of hydrogen-bond acceptors (Lipinski definition) is 3. The summed E-state index contributed by atoms with van der Waals surface area (Å²) in [7, 11) is 0. The van der Waals surface area contributed by atoms with Crippen LogP contribution in [0.4, 0.5) is 0 Å². The van der Waals surface area contributed by atoms with E-state index in [-0.39, 0.29) is 0 Å². The molecule has 3 aliphatic rings. The molecule has 3 rings (SSSR count). The minimum atomic E-state index is 0.505. The topological polar surface area (TPSA) is 6.48 Å². The van der Waals surface area contributed by atoms with Crippen molar-refractivity contribution < 1.29 is 0 Å². The van der Waals surface area contributed by atoms with Crippen molar-refractivity contribution in [2.75, 3.05) is 31.9 Å². The molecule has 2 aliphatic heterocycles. The van der Waals surface area contributed by atoms with Gasteiger partial charge in [0.1, 0.15) is 0 Å². The molecule has 0 amide bonds. The monoisotopic (exact) mass is 310 g/mol. The Balaban J connectivity index is 1.64. The van der Waals surface area contributed by atoms with Gasteiger partial charge in [-0.25, -0.2) is 0 Å². The fraction of sp³-hybridized carbons (Fsp3) is 1.00. The number of nitrogens with zero attached hydrogens (tertiary/aromatic N) is 2. The minimum absolute atomic E-state index is 0.505. The lowest BCUT2D eigenvalue weighted by atomic mass is 9.80. The molecule has 3 fully saturated rings. The van der Waals surface area contributed by atoms with E-state index < -0.39 is 0 Å². The number of thiol groups is 1. The van der Waals surface area contributed by atoms with Crippen LogP contribution in [0.15, 0.2) is 0 Å². The highest BCUT2D eigenvalue weighted by Gasteiger charge is 2.38. The second-order valence-electron chi connectivity index (χ2n) is 8.00. The third-order valence-electron chi connectivity index (χ3n) is 6.35. The zero-order chi connectivity index (χ0) is 14.7. The number of piperidine rings is 1. The average molecular weight is 311 g/mol. The van der Waals surface area contributed by atoms with E-state index >= 15 is 0 Å². The van der Waals surface area contributed by atoms with Crippen LogP contribution in [-0.2, 0) is 0 Å². The maximum absolute atomic E-state index is 4.78. The van der Waals surface area contributed by atoms with Gasteiger partial charge in [0.25, 0.3) is 0 Å². The van der Waals surface area contributed by atoms with Crippen LogP contribution in [-0.4, -0.2) is 53.8 Å². The van der Waals surface area contributed by atoms with Crippen molar-refractivity contribution in [3.05, 3.63) is 0 Å². The highest BCUT2D eigenvalue weighted by molar-refractivity contribution is 7.80. The molecule has 2 unspecified atom stereocenters. The van der Waals surface area contributed by atoms with Crippen molar-refractivity contribution in [2.24, 2.45) is 5.41 Å². The fourth-order valence-corrected chi connectivity index (χ4v) is 5.32. The first-order chi connectivity index (χ1) is 10.2. The van der Waals surface area contributed by atoms with Gasteiger partial charge < -0.3 is 0 Å². The van der Waals surface area contributed by atoms with Gasteiger partial charge in [0.2, 0.25) is 0 Å². The van der Waals surface area contributed by atoms with Crippen molar-refractivity contribution in [3.8, 4) is 0 Å². The van der Waals surface area contributed by atoms with E-state index in [0.29, 0.717) is 5.41 Å². The molecule has 122 valence electrons. The summed E-state index contributed by atoms with van der Waals surface area (Å²) in [6.07, 6.45) is 12.9. The molecule has 2 heterocycles.